The van der Waals surface area contributed by atoms with Crippen molar-refractivity contribution in [2.45, 2.75) is 38.6 Å². The zero-order valence-electron chi connectivity index (χ0n) is 13.5. The summed E-state index contributed by atoms with van der Waals surface area (Å²) < 4.78 is 7.43. The molecule has 0 amide bonds. The van der Waals surface area contributed by atoms with E-state index >= 15 is 0 Å². The van der Waals surface area contributed by atoms with Crippen LogP contribution in [0.25, 0.3) is 0 Å². The monoisotopic (exact) mass is 365 g/mol. The molecule has 1 aliphatic rings. The van der Waals surface area contributed by atoms with Gasteiger partial charge in [0.15, 0.2) is 5.75 Å². The molecule has 3 rings (SSSR count). The van der Waals surface area contributed by atoms with E-state index in [1.54, 1.807) is 29.0 Å². The maximum absolute atomic E-state index is 12.6. The molecule has 1 aromatic heterocycles. The second-order valence-electron chi connectivity index (χ2n) is 6.36. The van der Waals surface area contributed by atoms with Crippen LogP contribution in [0, 0.1) is 5.92 Å². The molecule has 1 heterocycles. The van der Waals surface area contributed by atoms with Crippen LogP contribution in [0.5, 0.6) is 5.75 Å². The molecule has 0 unspecified atom stereocenters. The Balaban J connectivity index is 1.71. The highest BCUT2D eigenvalue weighted by atomic mass is 35.5. The fourth-order valence-electron chi connectivity index (χ4n) is 3.14. The number of nitrogens with zero attached hydrogens (tertiary/aromatic N) is 1. The van der Waals surface area contributed by atoms with Crippen molar-refractivity contribution in [1.82, 2.24) is 4.57 Å². The maximum atomic E-state index is 12.6. The van der Waals surface area contributed by atoms with Gasteiger partial charge in [-0.25, -0.2) is 0 Å². The Morgan fingerprint density at radius 3 is 2.67 bits per heavy atom. The standard InChI is InChI=1S/C19H21Cl2NO2/c20-16-9-8-15(17(21)11-16)12-22-10-4-7-18(19(22)23)24-13-14-5-2-1-3-6-14/h4,7-11,14H,1-3,5-6,12-13H2. The summed E-state index contributed by atoms with van der Waals surface area (Å²) >= 11 is 12.1. The molecule has 1 saturated carbocycles. The normalized spacial score (nSPS) is 15.4. The van der Waals surface area contributed by atoms with E-state index in [9.17, 15) is 4.79 Å². The van der Waals surface area contributed by atoms with Crippen molar-refractivity contribution in [2.24, 2.45) is 5.92 Å². The summed E-state index contributed by atoms with van der Waals surface area (Å²) in [5, 5.41) is 1.14. The Labute approximate surface area is 152 Å². The number of aromatic nitrogens is 1. The molecular weight excluding hydrogens is 345 g/mol. The first-order valence-electron chi connectivity index (χ1n) is 8.39. The number of benzene rings is 1. The third kappa shape index (κ3) is 4.34. The van der Waals surface area contributed by atoms with Crippen LogP contribution in [0.2, 0.25) is 10.0 Å². The van der Waals surface area contributed by atoms with Crippen molar-refractivity contribution in [3.05, 3.63) is 62.5 Å². The fraction of sp³-hybridized carbons (Fsp3) is 0.421. The van der Waals surface area contributed by atoms with Gasteiger partial charge in [-0.15, -0.1) is 0 Å². The molecule has 1 aromatic carbocycles. The van der Waals surface area contributed by atoms with Crippen LogP contribution in [-0.4, -0.2) is 11.2 Å². The third-order valence-corrected chi connectivity index (χ3v) is 5.13. The van der Waals surface area contributed by atoms with Crippen LogP contribution in [0.3, 0.4) is 0 Å². The van der Waals surface area contributed by atoms with Crippen molar-refractivity contribution < 1.29 is 4.74 Å². The van der Waals surface area contributed by atoms with Crippen molar-refractivity contribution >= 4 is 23.2 Å². The molecule has 0 atom stereocenters. The van der Waals surface area contributed by atoms with Gasteiger partial charge in [0.05, 0.1) is 13.2 Å². The molecule has 24 heavy (non-hydrogen) atoms. The van der Waals surface area contributed by atoms with Gasteiger partial charge in [0, 0.05) is 16.2 Å². The number of hydrogen-bond acceptors (Lipinski definition) is 2. The van der Waals surface area contributed by atoms with E-state index < -0.39 is 0 Å². The number of pyridine rings is 1. The van der Waals surface area contributed by atoms with Gasteiger partial charge in [0.2, 0.25) is 0 Å². The van der Waals surface area contributed by atoms with Gasteiger partial charge in [-0.3, -0.25) is 4.79 Å². The number of ether oxygens (including phenoxy) is 1. The second kappa shape index (κ2) is 8.09. The summed E-state index contributed by atoms with van der Waals surface area (Å²) in [4.78, 5) is 12.6. The molecule has 1 aliphatic carbocycles. The number of hydrogen-bond donors (Lipinski definition) is 0. The van der Waals surface area contributed by atoms with Gasteiger partial charge in [0.25, 0.3) is 5.56 Å². The molecule has 0 N–H and O–H groups in total. The highest BCUT2D eigenvalue weighted by molar-refractivity contribution is 6.35. The van der Waals surface area contributed by atoms with Crippen LogP contribution in [0.15, 0.2) is 41.3 Å². The van der Waals surface area contributed by atoms with Gasteiger partial charge in [-0.1, -0.05) is 48.5 Å². The SMILES string of the molecule is O=c1c(OCC2CCCCC2)cccn1Cc1ccc(Cl)cc1Cl. The van der Waals surface area contributed by atoms with Gasteiger partial charge in [-0.2, -0.15) is 0 Å². The second-order valence-corrected chi connectivity index (χ2v) is 7.20. The van der Waals surface area contributed by atoms with Gasteiger partial charge >= 0.3 is 0 Å². The molecular formula is C19H21Cl2NO2. The molecule has 3 nitrogen and oxygen atoms in total. The molecule has 1 fully saturated rings. The van der Waals surface area contributed by atoms with Crippen molar-refractivity contribution in [1.29, 1.82) is 0 Å². The summed E-state index contributed by atoms with van der Waals surface area (Å²) in [6.45, 7) is 1.02. The minimum absolute atomic E-state index is 0.126. The van der Waals surface area contributed by atoms with Crippen LogP contribution in [-0.2, 0) is 6.54 Å². The Morgan fingerprint density at radius 2 is 1.92 bits per heavy atom. The molecule has 0 aliphatic heterocycles. The van der Waals surface area contributed by atoms with E-state index in [1.807, 2.05) is 12.1 Å². The summed E-state index contributed by atoms with van der Waals surface area (Å²) in [7, 11) is 0. The van der Waals surface area contributed by atoms with Crippen LogP contribution < -0.4 is 10.3 Å². The van der Waals surface area contributed by atoms with E-state index in [1.165, 1.54) is 32.1 Å². The summed E-state index contributed by atoms with van der Waals surface area (Å²) in [5.74, 6) is 0.977. The lowest BCUT2D eigenvalue weighted by Gasteiger charge is -2.21. The highest BCUT2D eigenvalue weighted by Crippen LogP contribution is 2.24. The lowest BCUT2D eigenvalue weighted by Crippen LogP contribution is -2.24. The predicted molar refractivity (Wildman–Crippen MR) is 98.3 cm³/mol. The zero-order valence-corrected chi connectivity index (χ0v) is 15.0. The van der Waals surface area contributed by atoms with Crippen LogP contribution in [0.4, 0.5) is 0 Å². The number of halogens is 2. The minimum Gasteiger partial charge on any atom is -0.488 e. The lowest BCUT2D eigenvalue weighted by atomic mass is 9.90. The Kier molecular flexibility index (Phi) is 5.85. The maximum Gasteiger partial charge on any atom is 0.293 e. The minimum atomic E-state index is -0.126. The smallest absolute Gasteiger partial charge is 0.293 e. The first-order valence-corrected chi connectivity index (χ1v) is 9.15. The molecule has 0 spiro atoms. The molecule has 0 saturated heterocycles. The molecule has 128 valence electrons. The Hall–Kier alpha value is -1.45. The average Bonchev–Trinajstić information content (AvgIpc) is 2.59. The summed E-state index contributed by atoms with van der Waals surface area (Å²) in [6, 6.07) is 8.88. The zero-order chi connectivity index (χ0) is 16.9. The lowest BCUT2D eigenvalue weighted by molar-refractivity contribution is 0.206. The fourth-order valence-corrected chi connectivity index (χ4v) is 3.61. The molecule has 5 heteroatoms. The van der Waals surface area contributed by atoms with E-state index in [4.69, 9.17) is 27.9 Å². The van der Waals surface area contributed by atoms with Crippen molar-refractivity contribution in [2.75, 3.05) is 6.61 Å². The molecule has 0 bridgehead atoms. The molecule has 0 radical (unpaired) electrons. The number of rotatable bonds is 5. The van der Waals surface area contributed by atoms with Crippen molar-refractivity contribution in [3.63, 3.8) is 0 Å². The Morgan fingerprint density at radius 1 is 1.12 bits per heavy atom. The van der Waals surface area contributed by atoms with E-state index in [-0.39, 0.29) is 5.56 Å². The van der Waals surface area contributed by atoms with Crippen LogP contribution in [0.1, 0.15) is 37.7 Å². The molecule has 2 aromatic rings. The van der Waals surface area contributed by atoms with Crippen molar-refractivity contribution in [3.8, 4) is 5.75 Å². The third-order valence-electron chi connectivity index (χ3n) is 4.54. The van der Waals surface area contributed by atoms with E-state index in [0.29, 0.717) is 34.9 Å². The van der Waals surface area contributed by atoms with Gasteiger partial charge < -0.3 is 9.30 Å². The predicted octanol–water partition coefficient (Wildman–Crippen LogP) is 5.16. The summed E-state index contributed by atoms with van der Waals surface area (Å²) in [5.41, 5.74) is 0.729. The van der Waals surface area contributed by atoms with E-state index in [2.05, 4.69) is 0 Å². The van der Waals surface area contributed by atoms with E-state index in [0.717, 1.165) is 5.56 Å². The highest BCUT2D eigenvalue weighted by Gasteiger charge is 2.15. The summed E-state index contributed by atoms with van der Waals surface area (Å²) in [6.07, 6.45) is 7.99. The van der Waals surface area contributed by atoms with Gasteiger partial charge in [0.1, 0.15) is 0 Å². The van der Waals surface area contributed by atoms with Crippen LogP contribution >= 0.6 is 23.2 Å². The van der Waals surface area contributed by atoms with Gasteiger partial charge in [-0.05, 0) is 48.6 Å². The first-order chi connectivity index (χ1) is 11.6. The quantitative estimate of drug-likeness (QED) is 0.732. The first kappa shape index (κ1) is 17.4. The average molecular weight is 366 g/mol. The topological polar surface area (TPSA) is 31.2 Å². The Bertz CT molecular complexity index is 751. The largest absolute Gasteiger partial charge is 0.488 e.